The first-order valence-electron chi connectivity index (χ1n) is 12.8. The van der Waals surface area contributed by atoms with Gasteiger partial charge < -0.3 is 15.1 Å². The molecule has 1 N–H and O–H groups in total. The van der Waals surface area contributed by atoms with E-state index in [1.807, 2.05) is 49.4 Å². The Bertz CT molecular complexity index is 1230. The van der Waals surface area contributed by atoms with Crippen molar-refractivity contribution in [2.24, 2.45) is 11.8 Å². The molecular formula is C30H31ClFN3O2. The summed E-state index contributed by atoms with van der Waals surface area (Å²) in [5, 5.41) is 3.38. The summed E-state index contributed by atoms with van der Waals surface area (Å²) >= 11 is 6.12. The van der Waals surface area contributed by atoms with Gasteiger partial charge in [0.2, 0.25) is 0 Å². The first-order valence-corrected chi connectivity index (χ1v) is 13.1. The smallest absolute Gasteiger partial charge is 0.258 e. The predicted molar refractivity (Wildman–Crippen MR) is 143 cm³/mol. The van der Waals surface area contributed by atoms with E-state index in [1.165, 1.54) is 12.1 Å². The van der Waals surface area contributed by atoms with Crippen molar-refractivity contribution in [1.29, 1.82) is 0 Å². The Kier molecular flexibility index (Phi) is 7.58. The zero-order valence-electron chi connectivity index (χ0n) is 20.9. The van der Waals surface area contributed by atoms with Crippen molar-refractivity contribution < 1.29 is 14.0 Å². The molecule has 192 valence electrons. The number of benzene rings is 3. The maximum atomic E-state index is 14.3. The molecule has 0 saturated carbocycles. The van der Waals surface area contributed by atoms with Gasteiger partial charge in [0, 0.05) is 38.3 Å². The first-order chi connectivity index (χ1) is 17.9. The van der Waals surface area contributed by atoms with Gasteiger partial charge >= 0.3 is 0 Å². The third kappa shape index (κ3) is 5.71. The maximum absolute atomic E-state index is 14.3. The van der Waals surface area contributed by atoms with Gasteiger partial charge in [0.05, 0.1) is 16.6 Å². The van der Waals surface area contributed by atoms with Crippen LogP contribution in [-0.2, 0) is 0 Å². The highest BCUT2D eigenvalue weighted by Crippen LogP contribution is 2.33. The average molecular weight is 520 g/mol. The number of amides is 2. The van der Waals surface area contributed by atoms with Crippen molar-refractivity contribution in [3.63, 3.8) is 0 Å². The van der Waals surface area contributed by atoms with E-state index in [1.54, 1.807) is 11.0 Å². The van der Waals surface area contributed by atoms with Crippen molar-refractivity contribution in [3.05, 3.63) is 106 Å². The normalized spacial score (nSPS) is 20.0. The topological polar surface area (TPSA) is 52.7 Å². The number of carbonyl (C=O) groups is 2. The standard InChI is InChI=1S/C30H31ClFN3O2/c1-20-10-12-22(13-11-20)29(36)33-27(21-6-3-2-4-7-21)14-15-34-16-23-18-35(19-24(23)17-34)30(37)28-25(31)8-5-9-26(28)32/h2-13,23-24,27H,14-19H2,1H3,(H,33,36)/t23?,24?,27-/m0/s1. The van der Waals surface area contributed by atoms with Crippen LogP contribution in [0.3, 0.4) is 0 Å². The second-order valence-electron chi connectivity index (χ2n) is 10.2. The van der Waals surface area contributed by atoms with Gasteiger partial charge in [-0.25, -0.2) is 4.39 Å². The Balaban J connectivity index is 1.19. The van der Waals surface area contributed by atoms with Crippen LogP contribution in [0, 0.1) is 24.6 Å². The third-order valence-corrected chi connectivity index (χ3v) is 7.90. The van der Waals surface area contributed by atoms with Crippen LogP contribution >= 0.6 is 11.6 Å². The van der Waals surface area contributed by atoms with E-state index < -0.39 is 5.82 Å². The van der Waals surface area contributed by atoms with Gasteiger partial charge in [-0.15, -0.1) is 0 Å². The van der Waals surface area contributed by atoms with E-state index in [2.05, 4.69) is 22.3 Å². The highest BCUT2D eigenvalue weighted by Gasteiger charge is 2.42. The van der Waals surface area contributed by atoms with Crippen LogP contribution in [0.25, 0.3) is 0 Å². The van der Waals surface area contributed by atoms with Gasteiger partial charge in [-0.2, -0.15) is 0 Å². The molecule has 0 spiro atoms. The molecule has 2 heterocycles. The molecule has 2 aliphatic heterocycles. The van der Waals surface area contributed by atoms with E-state index in [9.17, 15) is 14.0 Å². The van der Waals surface area contributed by atoms with Crippen molar-refractivity contribution >= 4 is 23.4 Å². The number of aryl methyl sites for hydroxylation is 1. The molecule has 0 bridgehead atoms. The summed E-state index contributed by atoms with van der Waals surface area (Å²) < 4.78 is 14.3. The van der Waals surface area contributed by atoms with E-state index in [4.69, 9.17) is 11.6 Å². The molecule has 0 aromatic heterocycles. The monoisotopic (exact) mass is 519 g/mol. The highest BCUT2D eigenvalue weighted by molar-refractivity contribution is 6.33. The lowest BCUT2D eigenvalue weighted by Crippen LogP contribution is -2.35. The number of halogens is 2. The molecule has 0 radical (unpaired) electrons. The fraction of sp³-hybridized carbons (Fsp3) is 0.333. The Labute approximate surface area is 222 Å². The van der Waals surface area contributed by atoms with Gasteiger partial charge in [0.1, 0.15) is 5.82 Å². The number of carbonyl (C=O) groups excluding carboxylic acids is 2. The van der Waals surface area contributed by atoms with E-state index in [-0.39, 0.29) is 28.4 Å². The van der Waals surface area contributed by atoms with Crippen LogP contribution in [0.15, 0.2) is 72.8 Å². The minimum Gasteiger partial charge on any atom is -0.345 e. The number of nitrogens with zero attached hydrogens (tertiary/aromatic N) is 2. The maximum Gasteiger partial charge on any atom is 0.258 e. The van der Waals surface area contributed by atoms with Crippen LogP contribution in [0.5, 0.6) is 0 Å². The Morgan fingerprint density at radius 3 is 2.27 bits per heavy atom. The van der Waals surface area contributed by atoms with Crippen LogP contribution in [0.4, 0.5) is 4.39 Å². The molecule has 37 heavy (non-hydrogen) atoms. The summed E-state index contributed by atoms with van der Waals surface area (Å²) in [6.45, 7) is 5.82. The van der Waals surface area contributed by atoms with E-state index in [0.717, 1.165) is 37.2 Å². The van der Waals surface area contributed by atoms with E-state index >= 15 is 0 Å². The van der Waals surface area contributed by atoms with Crippen LogP contribution in [0.1, 0.15) is 44.3 Å². The molecule has 2 saturated heterocycles. The number of nitrogens with one attached hydrogen (secondary N) is 1. The lowest BCUT2D eigenvalue weighted by atomic mass is 10.0. The van der Waals surface area contributed by atoms with Gasteiger partial charge in [-0.3, -0.25) is 9.59 Å². The molecule has 0 aliphatic carbocycles. The molecule has 2 unspecified atom stereocenters. The Hall–Kier alpha value is -3.22. The lowest BCUT2D eigenvalue weighted by Gasteiger charge is -2.25. The number of fused-ring (bicyclic) bond motifs is 1. The van der Waals surface area contributed by atoms with Crippen molar-refractivity contribution in [1.82, 2.24) is 15.1 Å². The fourth-order valence-electron chi connectivity index (χ4n) is 5.56. The number of hydrogen-bond donors (Lipinski definition) is 1. The van der Waals surface area contributed by atoms with E-state index in [0.29, 0.717) is 30.5 Å². The van der Waals surface area contributed by atoms with Gasteiger partial charge in [0.15, 0.2) is 0 Å². The second kappa shape index (κ2) is 11.0. The zero-order valence-corrected chi connectivity index (χ0v) is 21.6. The summed E-state index contributed by atoms with van der Waals surface area (Å²) in [6, 6.07) is 21.9. The second-order valence-corrected chi connectivity index (χ2v) is 10.6. The van der Waals surface area contributed by atoms with Crippen LogP contribution in [0.2, 0.25) is 5.02 Å². The predicted octanol–water partition coefficient (Wildman–Crippen LogP) is 5.35. The molecule has 7 heteroatoms. The first kappa shape index (κ1) is 25.4. The minimum atomic E-state index is -0.573. The Morgan fingerprint density at radius 2 is 1.62 bits per heavy atom. The summed E-state index contributed by atoms with van der Waals surface area (Å²) in [6.07, 6.45) is 0.786. The Morgan fingerprint density at radius 1 is 0.946 bits per heavy atom. The molecular weight excluding hydrogens is 489 g/mol. The summed E-state index contributed by atoms with van der Waals surface area (Å²) in [4.78, 5) is 30.1. The average Bonchev–Trinajstić information content (AvgIpc) is 3.46. The number of hydrogen-bond acceptors (Lipinski definition) is 3. The molecule has 3 atom stereocenters. The minimum absolute atomic E-state index is 0.0315. The van der Waals surface area contributed by atoms with Crippen molar-refractivity contribution in [2.75, 3.05) is 32.7 Å². The quantitative estimate of drug-likeness (QED) is 0.457. The van der Waals surface area contributed by atoms with Crippen LogP contribution in [-0.4, -0.2) is 54.3 Å². The lowest BCUT2D eigenvalue weighted by molar-refractivity contribution is 0.0769. The molecule has 2 amide bonds. The molecule has 2 fully saturated rings. The van der Waals surface area contributed by atoms with Crippen molar-refractivity contribution in [2.45, 2.75) is 19.4 Å². The third-order valence-electron chi connectivity index (χ3n) is 7.58. The molecule has 5 nitrogen and oxygen atoms in total. The highest BCUT2D eigenvalue weighted by atomic mass is 35.5. The van der Waals surface area contributed by atoms with Crippen molar-refractivity contribution in [3.8, 4) is 0 Å². The molecule has 3 aromatic rings. The SMILES string of the molecule is Cc1ccc(C(=O)N[C@@H](CCN2CC3CN(C(=O)c4c(F)cccc4Cl)CC3C2)c2ccccc2)cc1. The molecule has 5 rings (SSSR count). The molecule has 3 aromatic carbocycles. The number of likely N-dealkylation sites (tertiary alicyclic amines) is 2. The van der Waals surface area contributed by atoms with Gasteiger partial charge in [0.25, 0.3) is 11.8 Å². The number of rotatable bonds is 7. The van der Waals surface area contributed by atoms with Gasteiger partial charge in [-0.1, -0.05) is 65.7 Å². The summed E-state index contributed by atoms with van der Waals surface area (Å²) in [5.74, 6) is -0.269. The summed E-state index contributed by atoms with van der Waals surface area (Å²) in [7, 11) is 0. The fourth-order valence-corrected chi connectivity index (χ4v) is 5.81. The van der Waals surface area contributed by atoms with Crippen LogP contribution < -0.4 is 5.32 Å². The zero-order chi connectivity index (χ0) is 25.9. The largest absolute Gasteiger partial charge is 0.345 e. The summed E-state index contributed by atoms with van der Waals surface area (Å²) in [5.41, 5.74) is 2.83. The molecule has 2 aliphatic rings. The van der Waals surface area contributed by atoms with Gasteiger partial charge in [-0.05, 0) is 55.0 Å².